The molecule has 0 radical (unpaired) electrons. The van der Waals surface area contributed by atoms with Crippen LogP contribution in [0.25, 0.3) is 0 Å². The maximum atomic E-state index is 13.5. The first kappa shape index (κ1) is 15.8. The highest BCUT2D eigenvalue weighted by Crippen LogP contribution is 2.25. The van der Waals surface area contributed by atoms with E-state index in [9.17, 15) is 17.6 Å². The van der Waals surface area contributed by atoms with Crippen molar-refractivity contribution < 1.29 is 27.8 Å². The van der Waals surface area contributed by atoms with Gasteiger partial charge in [-0.1, -0.05) is 11.6 Å². The Morgan fingerprint density at radius 3 is 2.53 bits per heavy atom. The lowest BCUT2D eigenvalue weighted by atomic mass is 10.2. The first-order chi connectivity index (χ1) is 8.71. The first-order valence-corrected chi connectivity index (χ1v) is 6.83. The molecule has 0 amide bonds. The molecular weight excluding hydrogens is 301 g/mol. The van der Waals surface area contributed by atoms with Crippen molar-refractivity contribution in [3.8, 4) is 0 Å². The van der Waals surface area contributed by atoms with Gasteiger partial charge in [-0.05, 0) is 12.1 Å². The van der Waals surface area contributed by atoms with Crippen LogP contribution in [-0.4, -0.2) is 49.1 Å². The van der Waals surface area contributed by atoms with Crippen molar-refractivity contribution in [1.82, 2.24) is 4.31 Å². The number of rotatable bonds is 5. The van der Waals surface area contributed by atoms with Gasteiger partial charge in [-0.25, -0.2) is 17.6 Å². The predicted molar refractivity (Wildman–Crippen MR) is 65.3 cm³/mol. The zero-order valence-electron chi connectivity index (χ0n) is 9.80. The maximum absolute atomic E-state index is 13.5. The molecule has 0 aliphatic rings. The number of nitrogens with zero attached hydrogens (tertiary/aromatic N) is 1. The number of aromatic carboxylic acids is 1. The number of hydrogen-bond donors (Lipinski definition) is 2. The van der Waals surface area contributed by atoms with Crippen LogP contribution in [0.15, 0.2) is 17.0 Å². The highest BCUT2D eigenvalue weighted by molar-refractivity contribution is 7.89. The Morgan fingerprint density at radius 1 is 1.47 bits per heavy atom. The van der Waals surface area contributed by atoms with Crippen molar-refractivity contribution >= 4 is 27.6 Å². The fourth-order valence-corrected chi connectivity index (χ4v) is 2.70. The number of carbonyl (C=O) groups is 1. The number of benzene rings is 1. The summed E-state index contributed by atoms with van der Waals surface area (Å²) in [6.07, 6.45) is 0. The predicted octanol–water partition coefficient (Wildman–Crippen LogP) is 0.790. The van der Waals surface area contributed by atoms with E-state index in [0.29, 0.717) is 6.07 Å². The second-order valence-corrected chi connectivity index (χ2v) is 6.04. The average molecular weight is 312 g/mol. The summed E-state index contributed by atoms with van der Waals surface area (Å²) in [7, 11) is -2.91. The van der Waals surface area contributed by atoms with Crippen LogP contribution in [0.5, 0.6) is 0 Å². The van der Waals surface area contributed by atoms with Crippen molar-refractivity contribution in [3.63, 3.8) is 0 Å². The van der Waals surface area contributed by atoms with E-state index in [1.54, 1.807) is 0 Å². The molecular formula is C10H11ClFNO5S. The Hall–Kier alpha value is -1.22. The van der Waals surface area contributed by atoms with Crippen molar-refractivity contribution in [2.75, 3.05) is 20.2 Å². The van der Waals surface area contributed by atoms with Gasteiger partial charge in [-0.2, -0.15) is 4.31 Å². The molecule has 0 aliphatic heterocycles. The van der Waals surface area contributed by atoms with Gasteiger partial charge in [0.15, 0.2) is 0 Å². The number of carboxylic acid groups (broad SMARTS) is 1. The standard InChI is InChI=1S/C10H11ClFNO5S/c1-13(2-3-14)19(17,18)6-4-7(10(15)16)9(11)8(12)5-6/h4-5,14H,2-3H2,1H3,(H,15,16). The number of aliphatic hydroxyl groups excluding tert-OH is 1. The molecule has 2 N–H and O–H groups in total. The SMILES string of the molecule is CN(CCO)S(=O)(=O)c1cc(F)c(Cl)c(C(=O)O)c1. The molecule has 9 heteroatoms. The highest BCUT2D eigenvalue weighted by atomic mass is 35.5. The zero-order valence-corrected chi connectivity index (χ0v) is 11.4. The summed E-state index contributed by atoms with van der Waals surface area (Å²) >= 11 is 5.45. The Morgan fingerprint density at radius 2 is 2.05 bits per heavy atom. The Bertz CT molecular complexity index is 604. The highest BCUT2D eigenvalue weighted by Gasteiger charge is 2.25. The summed E-state index contributed by atoms with van der Waals surface area (Å²) in [5, 5.41) is 16.9. The average Bonchev–Trinajstić information content (AvgIpc) is 2.32. The lowest BCUT2D eigenvalue weighted by Gasteiger charge is -2.16. The summed E-state index contributed by atoms with van der Waals surface area (Å²) in [6, 6.07) is 1.41. The molecule has 1 rings (SSSR count). The molecule has 106 valence electrons. The third-order valence-electron chi connectivity index (χ3n) is 2.36. The third-order valence-corrected chi connectivity index (χ3v) is 4.57. The molecule has 0 atom stereocenters. The number of aliphatic hydroxyl groups is 1. The van der Waals surface area contributed by atoms with E-state index in [4.69, 9.17) is 21.8 Å². The van der Waals surface area contributed by atoms with E-state index >= 15 is 0 Å². The molecule has 0 aliphatic carbocycles. The number of hydrogen-bond acceptors (Lipinski definition) is 4. The molecule has 1 aromatic carbocycles. The summed E-state index contributed by atoms with van der Waals surface area (Å²) < 4.78 is 38.2. The van der Waals surface area contributed by atoms with Gasteiger partial charge in [0.1, 0.15) is 5.82 Å². The molecule has 0 fully saturated rings. The van der Waals surface area contributed by atoms with Crippen LogP contribution < -0.4 is 0 Å². The summed E-state index contributed by atoms with van der Waals surface area (Å²) in [4.78, 5) is 10.3. The lowest BCUT2D eigenvalue weighted by molar-refractivity contribution is 0.0696. The van der Waals surface area contributed by atoms with E-state index in [-0.39, 0.29) is 6.54 Å². The van der Waals surface area contributed by atoms with Gasteiger partial charge in [0.05, 0.1) is 22.1 Å². The molecule has 0 bridgehead atoms. The van der Waals surface area contributed by atoms with E-state index < -0.39 is 43.9 Å². The molecule has 6 nitrogen and oxygen atoms in total. The van der Waals surface area contributed by atoms with Crippen LogP contribution in [-0.2, 0) is 10.0 Å². The molecule has 19 heavy (non-hydrogen) atoms. The molecule has 0 unspecified atom stereocenters. The van der Waals surface area contributed by atoms with E-state index in [2.05, 4.69) is 0 Å². The number of halogens is 2. The molecule has 0 saturated carbocycles. The minimum atomic E-state index is -4.09. The fraction of sp³-hybridized carbons (Fsp3) is 0.300. The van der Waals surface area contributed by atoms with Crippen molar-refractivity contribution in [2.45, 2.75) is 4.90 Å². The summed E-state index contributed by atoms with van der Waals surface area (Å²) in [6.45, 7) is -0.618. The number of likely N-dealkylation sites (N-methyl/N-ethyl adjacent to an activating group) is 1. The van der Waals surface area contributed by atoms with E-state index in [0.717, 1.165) is 10.4 Å². The fourth-order valence-electron chi connectivity index (χ4n) is 1.31. The van der Waals surface area contributed by atoms with Crippen molar-refractivity contribution in [3.05, 3.63) is 28.5 Å². The summed E-state index contributed by atoms with van der Waals surface area (Å²) in [5.41, 5.74) is -0.641. The second kappa shape index (κ2) is 5.83. The van der Waals surface area contributed by atoms with Crippen LogP contribution >= 0.6 is 11.6 Å². The van der Waals surface area contributed by atoms with Crippen molar-refractivity contribution in [1.29, 1.82) is 0 Å². The van der Waals surface area contributed by atoms with Crippen LogP contribution in [0.2, 0.25) is 5.02 Å². The Kier molecular flexibility index (Phi) is 4.86. The maximum Gasteiger partial charge on any atom is 0.337 e. The summed E-state index contributed by atoms with van der Waals surface area (Å²) in [5.74, 6) is -2.68. The molecule has 0 heterocycles. The smallest absolute Gasteiger partial charge is 0.337 e. The van der Waals surface area contributed by atoms with E-state index in [1.165, 1.54) is 7.05 Å². The number of carboxylic acids is 1. The van der Waals surface area contributed by atoms with E-state index in [1.807, 2.05) is 0 Å². The largest absolute Gasteiger partial charge is 0.478 e. The van der Waals surface area contributed by atoms with Crippen LogP contribution in [0, 0.1) is 5.82 Å². The third kappa shape index (κ3) is 3.21. The Labute approximate surface area is 114 Å². The van der Waals surface area contributed by atoms with Gasteiger partial charge in [-0.3, -0.25) is 0 Å². The first-order valence-electron chi connectivity index (χ1n) is 5.01. The Balaban J connectivity index is 3.40. The van der Waals surface area contributed by atoms with Crippen molar-refractivity contribution in [2.24, 2.45) is 0 Å². The van der Waals surface area contributed by atoms with Gasteiger partial charge < -0.3 is 10.2 Å². The van der Waals surface area contributed by atoms with Crippen LogP contribution in [0.1, 0.15) is 10.4 Å². The lowest BCUT2D eigenvalue weighted by Crippen LogP contribution is -2.30. The van der Waals surface area contributed by atoms with Crippen LogP contribution in [0.4, 0.5) is 4.39 Å². The van der Waals surface area contributed by atoms with Gasteiger partial charge in [0.2, 0.25) is 10.0 Å². The number of sulfonamides is 1. The molecule has 1 aromatic rings. The van der Waals surface area contributed by atoms with Gasteiger partial charge in [-0.15, -0.1) is 0 Å². The topological polar surface area (TPSA) is 94.9 Å². The van der Waals surface area contributed by atoms with Gasteiger partial charge >= 0.3 is 5.97 Å². The van der Waals surface area contributed by atoms with Gasteiger partial charge in [0, 0.05) is 13.6 Å². The quantitative estimate of drug-likeness (QED) is 0.838. The molecule has 0 aromatic heterocycles. The monoisotopic (exact) mass is 311 g/mol. The minimum Gasteiger partial charge on any atom is -0.478 e. The van der Waals surface area contributed by atoms with Gasteiger partial charge in [0.25, 0.3) is 0 Å². The molecule has 0 spiro atoms. The zero-order chi connectivity index (χ0) is 14.8. The van der Waals surface area contributed by atoms with Crippen LogP contribution in [0.3, 0.4) is 0 Å². The second-order valence-electron chi connectivity index (χ2n) is 3.62. The molecule has 0 saturated heterocycles. The minimum absolute atomic E-state index is 0.199. The normalized spacial score (nSPS) is 11.8.